The van der Waals surface area contributed by atoms with Crippen LogP contribution in [0.5, 0.6) is 0 Å². The van der Waals surface area contributed by atoms with E-state index < -0.39 is 11.8 Å². The molecule has 0 saturated heterocycles. The molecule has 9 heteroatoms. The highest BCUT2D eigenvalue weighted by Gasteiger charge is 2.30. The van der Waals surface area contributed by atoms with E-state index in [-0.39, 0.29) is 23.1 Å². The monoisotopic (exact) mass is 553 g/mol. The number of carbonyl (C=O) groups is 2. The quantitative estimate of drug-likeness (QED) is 0.410. The Morgan fingerprint density at radius 2 is 2.00 bits per heavy atom. The Labute approximate surface area is 238 Å². The van der Waals surface area contributed by atoms with Crippen LogP contribution in [0.25, 0.3) is 16.8 Å². The summed E-state index contributed by atoms with van der Waals surface area (Å²) in [5, 5.41) is 9.08. The molecule has 0 saturated carbocycles. The molecule has 1 atom stereocenters. The number of aliphatic imine (C=N–C) groups is 1. The van der Waals surface area contributed by atoms with Gasteiger partial charge in [0.05, 0.1) is 17.3 Å². The molecule has 0 bridgehead atoms. The first-order chi connectivity index (χ1) is 19.7. The summed E-state index contributed by atoms with van der Waals surface area (Å²) in [6, 6.07) is 11.6. The Morgan fingerprint density at radius 3 is 2.68 bits per heavy atom. The summed E-state index contributed by atoms with van der Waals surface area (Å²) in [6.07, 6.45) is 8.34. The molecule has 41 heavy (non-hydrogen) atoms. The van der Waals surface area contributed by atoms with Crippen molar-refractivity contribution >= 4 is 23.2 Å². The first kappa shape index (κ1) is 27.8. The van der Waals surface area contributed by atoms with Gasteiger partial charge in [-0.1, -0.05) is 25.6 Å². The summed E-state index contributed by atoms with van der Waals surface area (Å²) in [7, 11) is 1.87. The number of aryl methyl sites for hydroxylation is 1. The number of benzene rings is 1. The Bertz CT molecular complexity index is 1620. The number of amides is 1. The lowest BCUT2D eigenvalue weighted by Crippen LogP contribution is -2.39. The van der Waals surface area contributed by atoms with Crippen LogP contribution in [-0.2, 0) is 11.3 Å². The van der Waals surface area contributed by atoms with Crippen LogP contribution in [0, 0.1) is 5.82 Å². The molecule has 2 aromatic heterocycles. The van der Waals surface area contributed by atoms with Gasteiger partial charge in [-0.25, -0.2) is 14.2 Å². The minimum absolute atomic E-state index is 0.0567. The van der Waals surface area contributed by atoms with Crippen LogP contribution in [0.3, 0.4) is 0 Å². The van der Waals surface area contributed by atoms with Crippen LogP contribution < -0.4 is 0 Å². The SMILES string of the molecule is C=C(/C=C1/N=C(C(=O)N2CCCn3cccc3C2C)C=C(CC)N1C)c1ccc(-c2ccc(C(=O)O)cn2)cc1F. The molecular weight excluding hydrogens is 521 g/mol. The summed E-state index contributed by atoms with van der Waals surface area (Å²) < 4.78 is 17.5. The minimum Gasteiger partial charge on any atom is -0.478 e. The number of aromatic nitrogens is 2. The zero-order valence-corrected chi connectivity index (χ0v) is 23.3. The van der Waals surface area contributed by atoms with Gasteiger partial charge in [0.25, 0.3) is 5.91 Å². The number of nitrogens with zero attached hydrogens (tertiary/aromatic N) is 5. The van der Waals surface area contributed by atoms with Crippen LogP contribution in [0.2, 0.25) is 0 Å². The first-order valence-corrected chi connectivity index (χ1v) is 13.6. The van der Waals surface area contributed by atoms with Gasteiger partial charge in [-0.15, -0.1) is 0 Å². The molecule has 2 aliphatic rings. The fraction of sp³-hybridized carbons (Fsp3) is 0.250. The standard InChI is InChI=1S/C32H32FN5O3/c1-5-24-18-28(31(39)38-15-7-14-37-13-6-8-29(37)21(38)3)35-30(36(24)4)16-20(2)25-11-9-22(17-26(25)33)27-12-10-23(19-34-27)32(40)41/h6,8-13,16-19,21H,2,5,7,14-15H2,1,3-4H3,(H,40,41)/b30-16-. The summed E-state index contributed by atoms with van der Waals surface area (Å²) in [4.78, 5) is 37.5. The van der Waals surface area contributed by atoms with E-state index >= 15 is 4.39 Å². The molecule has 0 fully saturated rings. The van der Waals surface area contributed by atoms with E-state index in [0.717, 1.165) is 24.4 Å². The largest absolute Gasteiger partial charge is 0.478 e. The number of carboxylic acid groups (broad SMARTS) is 1. The molecule has 0 radical (unpaired) electrons. The molecule has 210 valence electrons. The maximum absolute atomic E-state index is 15.3. The van der Waals surface area contributed by atoms with Crippen LogP contribution >= 0.6 is 0 Å². The third-order valence-electron chi connectivity index (χ3n) is 7.64. The van der Waals surface area contributed by atoms with E-state index in [9.17, 15) is 9.59 Å². The molecule has 1 unspecified atom stereocenters. The van der Waals surface area contributed by atoms with Gasteiger partial charge in [-0.05, 0) is 67.8 Å². The van der Waals surface area contributed by atoms with Crippen LogP contribution in [0.4, 0.5) is 4.39 Å². The van der Waals surface area contributed by atoms with Gasteiger partial charge in [0, 0.05) is 55.0 Å². The number of halogens is 1. The molecule has 3 aromatic rings. The van der Waals surface area contributed by atoms with Crippen molar-refractivity contribution in [2.75, 3.05) is 13.6 Å². The van der Waals surface area contributed by atoms with E-state index in [0.29, 0.717) is 41.3 Å². The minimum atomic E-state index is -1.08. The van der Waals surface area contributed by atoms with Crippen molar-refractivity contribution in [1.29, 1.82) is 0 Å². The number of rotatable bonds is 6. The van der Waals surface area contributed by atoms with Crippen molar-refractivity contribution in [2.24, 2.45) is 4.99 Å². The van der Waals surface area contributed by atoms with Crippen LogP contribution in [0.15, 0.2) is 90.1 Å². The van der Waals surface area contributed by atoms with Gasteiger partial charge < -0.3 is 19.5 Å². The van der Waals surface area contributed by atoms with Crippen LogP contribution in [-0.4, -0.2) is 55.6 Å². The number of allylic oxidation sites excluding steroid dienone is 3. The number of hydrogen-bond acceptors (Lipinski definition) is 5. The van der Waals surface area contributed by atoms with Crippen molar-refractivity contribution < 1.29 is 19.1 Å². The molecule has 5 rings (SSSR count). The van der Waals surface area contributed by atoms with Gasteiger partial charge in [0.1, 0.15) is 17.3 Å². The topological polar surface area (TPSA) is 91.0 Å². The maximum Gasteiger partial charge on any atom is 0.337 e. The predicted molar refractivity (Wildman–Crippen MR) is 156 cm³/mol. The van der Waals surface area contributed by atoms with Crippen LogP contribution in [0.1, 0.15) is 54.3 Å². The summed E-state index contributed by atoms with van der Waals surface area (Å²) in [6.45, 7) is 9.63. The van der Waals surface area contributed by atoms with E-state index in [4.69, 9.17) is 10.1 Å². The molecule has 1 amide bonds. The van der Waals surface area contributed by atoms with Crippen molar-refractivity contribution in [1.82, 2.24) is 19.4 Å². The fourth-order valence-corrected chi connectivity index (χ4v) is 5.27. The lowest BCUT2D eigenvalue weighted by molar-refractivity contribution is -0.126. The molecule has 1 N–H and O–H groups in total. The highest BCUT2D eigenvalue weighted by Crippen LogP contribution is 2.30. The van der Waals surface area contributed by atoms with E-state index in [2.05, 4.69) is 22.2 Å². The highest BCUT2D eigenvalue weighted by atomic mass is 19.1. The van der Waals surface area contributed by atoms with E-state index in [1.165, 1.54) is 18.3 Å². The van der Waals surface area contributed by atoms with E-state index in [1.807, 2.05) is 49.0 Å². The number of fused-ring (bicyclic) bond motifs is 1. The van der Waals surface area contributed by atoms with Gasteiger partial charge >= 0.3 is 5.97 Å². The Morgan fingerprint density at radius 1 is 1.20 bits per heavy atom. The number of hydrogen-bond donors (Lipinski definition) is 1. The van der Waals surface area contributed by atoms with Gasteiger partial charge in [0.2, 0.25) is 0 Å². The molecular formula is C32H32FN5O3. The van der Waals surface area contributed by atoms with Gasteiger partial charge in [0.15, 0.2) is 0 Å². The zero-order chi connectivity index (χ0) is 29.3. The third kappa shape index (κ3) is 5.48. The lowest BCUT2D eigenvalue weighted by Gasteiger charge is -2.31. The molecule has 0 spiro atoms. The van der Waals surface area contributed by atoms with Crippen molar-refractivity contribution in [3.05, 3.63) is 108 Å². The van der Waals surface area contributed by atoms with Gasteiger partial charge in [-0.3, -0.25) is 9.78 Å². The van der Waals surface area contributed by atoms with Crippen molar-refractivity contribution in [3.63, 3.8) is 0 Å². The molecule has 1 aromatic carbocycles. The second-order valence-electron chi connectivity index (χ2n) is 10.2. The lowest BCUT2D eigenvalue weighted by atomic mass is 10.0. The average molecular weight is 554 g/mol. The Kier molecular flexibility index (Phi) is 7.70. The number of carbonyl (C=O) groups excluding carboxylic acids is 1. The Hall–Kier alpha value is -4.79. The summed E-state index contributed by atoms with van der Waals surface area (Å²) in [5.74, 6) is -1.22. The average Bonchev–Trinajstić information content (AvgIpc) is 3.38. The molecule has 8 nitrogen and oxygen atoms in total. The second kappa shape index (κ2) is 11.4. The van der Waals surface area contributed by atoms with Crippen molar-refractivity contribution in [3.8, 4) is 11.3 Å². The third-order valence-corrected chi connectivity index (χ3v) is 7.64. The van der Waals surface area contributed by atoms with Gasteiger partial charge in [-0.2, -0.15) is 0 Å². The summed E-state index contributed by atoms with van der Waals surface area (Å²) in [5.41, 5.74) is 4.07. The number of aromatic carboxylic acids is 1. The zero-order valence-electron chi connectivity index (χ0n) is 23.3. The van der Waals surface area contributed by atoms with E-state index in [1.54, 1.807) is 24.3 Å². The molecule has 4 heterocycles. The summed E-state index contributed by atoms with van der Waals surface area (Å²) >= 11 is 0. The first-order valence-electron chi connectivity index (χ1n) is 13.6. The maximum atomic E-state index is 15.3. The smallest absolute Gasteiger partial charge is 0.337 e. The molecule has 2 aliphatic heterocycles. The number of pyridine rings is 1. The number of carboxylic acids is 1. The molecule has 0 aliphatic carbocycles. The Balaban J connectivity index is 1.42. The predicted octanol–water partition coefficient (Wildman–Crippen LogP) is 5.92. The second-order valence-corrected chi connectivity index (χ2v) is 10.2. The van der Waals surface area contributed by atoms with Crippen molar-refractivity contribution in [2.45, 2.75) is 39.3 Å². The highest BCUT2D eigenvalue weighted by molar-refractivity contribution is 6.43. The normalized spacial score (nSPS) is 18.0. The fourth-order valence-electron chi connectivity index (χ4n) is 5.27.